The fraction of sp³-hybridized carbons (Fsp3) is 0.760. The number of nitrogens with zero attached hydrogens (tertiary/aromatic N) is 1. The molecule has 1 aromatic carbocycles. The SMILES string of the molecule is COC12CCC3(CC1C(C)O)C1Cc4ccc(O)c5c4C3(CCN1CC1CC1)C2O5. The number of methoxy groups -OCH3 is 1. The number of aliphatic hydroxyl groups excluding tert-OH is 1. The van der Waals surface area contributed by atoms with Crippen LogP contribution in [0.25, 0.3) is 0 Å². The Morgan fingerprint density at radius 1 is 1.27 bits per heavy atom. The summed E-state index contributed by atoms with van der Waals surface area (Å²) in [5.41, 5.74) is 2.17. The van der Waals surface area contributed by atoms with Crippen LogP contribution in [0.3, 0.4) is 0 Å². The van der Waals surface area contributed by atoms with Gasteiger partial charge in [-0.15, -0.1) is 0 Å². The Bertz CT molecular complexity index is 928. The van der Waals surface area contributed by atoms with Crippen molar-refractivity contribution in [1.29, 1.82) is 0 Å². The van der Waals surface area contributed by atoms with Crippen molar-refractivity contribution in [3.63, 3.8) is 0 Å². The number of ether oxygens (including phenoxy) is 2. The Balaban J connectivity index is 1.48. The molecule has 162 valence electrons. The Kier molecular flexibility index (Phi) is 3.38. The van der Waals surface area contributed by atoms with Gasteiger partial charge < -0.3 is 19.7 Å². The molecule has 1 saturated heterocycles. The number of fused-ring (bicyclic) bond motifs is 2. The second kappa shape index (κ2) is 5.54. The van der Waals surface area contributed by atoms with Gasteiger partial charge in [-0.3, -0.25) is 4.90 Å². The topological polar surface area (TPSA) is 62.2 Å². The van der Waals surface area contributed by atoms with Gasteiger partial charge in [0.05, 0.1) is 6.10 Å². The van der Waals surface area contributed by atoms with E-state index in [9.17, 15) is 10.2 Å². The first kappa shape index (κ1) is 18.3. The highest BCUT2D eigenvalue weighted by atomic mass is 16.6. The molecule has 1 aromatic rings. The minimum atomic E-state index is -0.487. The van der Waals surface area contributed by atoms with Crippen LogP contribution in [-0.2, 0) is 16.6 Å². The number of benzene rings is 1. The fourth-order valence-corrected chi connectivity index (χ4v) is 9.02. The number of phenols is 1. The molecule has 2 spiro atoms. The molecule has 2 N–H and O–H groups in total. The van der Waals surface area contributed by atoms with Crippen molar-refractivity contribution in [3.05, 3.63) is 23.3 Å². The molecule has 30 heavy (non-hydrogen) atoms. The number of aliphatic hydroxyl groups is 1. The third-order valence-corrected chi connectivity index (χ3v) is 10.3. The van der Waals surface area contributed by atoms with Crippen LogP contribution in [0.5, 0.6) is 11.5 Å². The summed E-state index contributed by atoms with van der Waals surface area (Å²) in [5.74, 6) is 1.92. The normalized spacial score (nSPS) is 46.4. The maximum absolute atomic E-state index is 10.9. The van der Waals surface area contributed by atoms with Crippen molar-refractivity contribution < 1.29 is 19.7 Å². The molecule has 7 unspecified atom stereocenters. The molecule has 8 rings (SSSR count). The summed E-state index contributed by atoms with van der Waals surface area (Å²) in [4.78, 5) is 2.80. The first-order valence-electron chi connectivity index (χ1n) is 12.0. The number of phenolic OH excluding ortho intramolecular Hbond substituents is 1. The van der Waals surface area contributed by atoms with E-state index in [1.165, 1.54) is 30.5 Å². The molecule has 5 nitrogen and oxygen atoms in total. The van der Waals surface area contributed by atoms with E-state index >= 15 is 0 Å². The number of likely N-dealkylation sites (tertiary alicyclic amines) is 1. The van der Waals surface area contributed by atoms with Gasteiger partial charge in [-0.25, -0.2) is 0 Å². The Labute approximate surface area is 178 Å². The molecule has 7 aliphatic rings. The van der Waals surface area contributed by atoms with E-state index in [1.807, 2.05) is 13.0 Å². The van der Waals surface area contributed by atoms with Crippen LogP contribution in [0, 0.1) is 17.3 Å². The van der Waals surface area contributed by atoms with Gasteiger partial charge in [0.1, 0.15) is 11.7 Å². The Morgan fingerprint density at radius 2 is 2.10 bits per heavy atom. The minimum Gasteiger partial charge on any atom is -0.504 e. The number of hydrogen-bond acceptors (Lipinski definition) is 5. The highest BCUT2D eigenvalue weighted by Crippen LogP contribution is 2.76. The lowest BCUT2D eigenvalue weighted by molar-refractivity contribution is -0.288. The summed E-state index contributed by atoms with van der Waals surface area (Å²) in [6.45, 7) is 4.26. The van der Waals surface area contributed by atoms with E-state index in [2.05, 4.69) is 11.0 Å². The van der Waals surface area contributed by atoms with Crippen LogP contribution in [-0.4, -0.2) is 59.2 Å². The quantitative estimate of drug-likeness (QED) is 0.798. The molecule has 0 aromatic heterocycles. The third kappa shape index (κ3) is 1.81. The van der Waals surface area contributed by atoms with Gasteiger partial charge in [0.15, 0.2) is 11.5 Å². The maximum Gasteiger partial charge on any atom is 0.165 e. The zero-order chi connectivity index (χ0) is 20.5. The van der Waals surface area contributed by atoms with Gasteiger partial charge in [0.2, 0.25) is 0 Å². The van der Waals surface area contributed by atoms with E-state index in [-0.39, 0.29) is 28.6 Å². The standard InChI is InChI=1S/C25H33NO4/c1-14(27)17-12-23-7-8-25(17,29-2)22-24(23)9-10-26(13-15-3-4-15)19(23)11-16-5-6-18(28)21(30-22)20(16)24/h5-6,14-15,17,19,22,27-28H,3-4,7-13H2,1-2H3. The number of rotatable bonds is 4. The van der Waals surface area contributed by atoms with E-state index in [0.29, 0.717) is 11.8 Å². The van der Waals surface area contributed by atoms with Crippen LogP contribution in [0.1, 0.15) is 56.6 Å². The van der Waals surface area contributed by atoms with Crippen molar-refractivity contribution in [1.82, 2.24) is 4.90 Å². The molecule has 7 atom stereocenters. The van der Waals surface area contributed by atoms with E-state index in [4.69, 9.17) is 9.47 Å². The summed E-state index contributed by atoms with van der Waals surface area (Å²) in [6.07, 6.45) is 7.38. The highest BCUT2D eigenvalue weighted by molar-refractivity contribution is 5.63. The second-order valence-corrected chi connectivity index (χ2v) is 11.2. The molecule has 5 heteroatoms. The van der Waals surface area contributed by atoms with Gasteiger partial charge in [-0.2, -0.15) is 0 Å². The number of piperidine rings is 1. The van der Waals surface area contributed by atoms with Crippen molar-refractivity contribution in [2.24, 2.45) is 17.3 Å². The van der Waals surface area contributed by atoms with Gasteiger partial charge in [-0.1, -0.05) is 6.07 Å². The predicted molar refractivity (Wildman–Crippen MR) is 112 cm³/mol. The molecule has 4 saturated carbocycles. The summed E-state index contributed by atoms with van der Waals surface area (Å²) in [6, 6.07) is 4.47. The van der Waals surface area contributed by atoms with Crippen LogP contribution in [0.15, 0.2) is 12.1 Å². The molecule has 2 heterocycles. The van der Waals surface area contributed by atoms with Gasteiger partial charge in [0, 0.05) is 42.0 Å². The van der Waals surface area contributed by atoms with E-state index in [0.717, 1.165) is 44.6 Å². The summed E-state index contributed by atoms with van der Waals surface area (Å²) < 4.78 is 13.1. The molecule has 0 radical (unpaired) electrons. The molecule has 5 aliphatic carbocycles. The van der Waals surface area contributed by atoms with Crippen LogP contribution in [0.4, 0.5) is 0 Å². The Hall–Kier alpha value is -1.30. The van der Waals surface area contributed by atoms with Crippen LogP contribution >= 0.6 is 0 Å². The third-order valence-electron chi connectivity index (χ3n) is 10.3. The van der Waals surface area contributed by atoms with Crippen molar-refractivity contribution in [3.8, 4) is 11.5 Å². The molecule has 0 amide bonds. The lowest BCUT2D eigenvalue weighted by atomic mass is 9.34. The molecular weight excluding hydrogens is 378 g/mol. The van der Waals surface area contributed by atoms with Gasteiger partial charge in [0.25, 0.3) is 0 Å². The van der Waals surface area contributed by atoms with Crippen LogP contribution in [0.2, 0.25) is 0 Å². The van der Waals surface area contributed by atoms with E-state index in [1.54, 1.807) is 7.11 Å². The summed E-state index contributed by atoms with van der Waals surface area (Å²) >= 11 is 0. The Morgan fingerprint density at radius 3 is 2.83 bits per heavy atom. The molecular formula is C25H33NO4. The molecule has 5 fully saturated rings. The summed E-state index contributed by atoms with van der Waals surface area (Å²) in [7, 11) is 1.81. The first-order valence-corrected chi connectivity index (χ1v) is 12.0. The van der Waals surface area contributed by atoms with Crippen molar-refractivity contribution >= 4 is 0 Å². The van der Waals surface area contributed by atoms with Crippen molar-refractivity contribution in [2.75, 3.05) is 20.2 Å². The lowest BCUT2D eigenvalue weighted by Gasteiger charge is -2.74. The zero-order valence-electron chi connectivity index (χ0n) is 18.1. The highest BCUT2D eigenvalue weighted by Gasteiger charge is 2.81. The minimum absolute atomic E-state index is 0.0655. The second-order valence-electron chi connectivity index (χ2n) is 11.2. The monoisotopic (exact) mass is 411 g/mol. The maximum atomic E-state index is 10.9. The lowest BCUT2D eigenvalue weighted by Crippen LogP contribution is -2.81. The number of hydrogen-bond donors (Lipinski definition) is 2. The average molecular weight is 412 g/mol. The largest absolute Gasteiger partial charge is 0.504 e. The molecule has 4 bridgehead atoms. The average Bonchev–Trinajstić information content (AvgIpc) is 3.48. The van der Waals surface area contributed by atoms with Crippen LogP contribution < -0.4 is 4.74 Å². The van der Waals surface area contributed by atoms with Gasteiger partial charge >= 0.3 is 0 Å². The predicted octanol–water partition coefficient (Wildman–Crippen LogP) is 3.00. The number of aromatic hydroxyl groups is 1. The van der Waals surface area contributed by atoms with Crippen molar-refractivity contribution in [2.45, 2.75) is 81.1 Å². The summed E-state index contributed by atoms with van der Waals surface area (Å²) in [5, 5.41) is 21.7. The smallest absolute Gasteiger partial charge is 0.165 e. The van der Waals surface area contributed by atoms with E-state index < -0.39 is 11.7 Å². The fourth-order valence-electron chi connectivity index (χ4n) is 9.02. The van der Waals surface area contributed by atoms with Gasteiger partial charge in [-0.05, 0) is 76.0 Å². The zero-order valence-corrected chi connectivity index (χ0v) is 18.1. The molecule has 2 aliphatic heterocycles. The first-order chi connectivity index (χ1) is 14.5.